The van der Waals surface area contributed by atoms with Crippen molar-refractivity contribution in [3.05, 3.63) is 65.9 Å². The number of aryl methyl sites for hydroxylation is 1. The van der Waals surface area contributed by atoms with Gasteiger partial charge in [-0.15, -0.1) is 0 Å². The first kappa shape index (κ1) is 21.4. The lowest BCUT2D eigenvalue weighted by molar-refractivity contribution is -0.646. The third-order valence-electron chi connectivity index (χ3n) is 3.97. The Morgan fingerprint density at radius 2 is 1.64 bits per heavy atom. The van der Waals surface area contributed by atoms with E-state index in [4.69, 9.17) is 4.74 Å². The van der Waals surface area contributed by atoms with Crippen LogP contribution in [-0.2, 0) is 21.6 Å². The van der Waals surface area contributed by atoms with Crippen LogP contribution in [0.15, 0.2) is 54.6 Å². The average Bonchev–Trinajstić information content (AvgIpc) is 2.68. The molecule has 148 valence electrons. The molecule has 1 heterocycles. The van der Waals surface area contributed by atoms with Crippen molar-refractivity contribution in [1.29, 1.82) is 0 Å². The number of nitrogens with zero attached hydrogens (tertiary/aromatic N) is 1. The number of hydrogen-bond acceptors (Lipinski definition) is 6. The Kier molecular flexibility index (Phi) is 7.11. The van der Waals surface area contributed by atoms with E-state index in [1.165, 1.54) is 0 Å². The second kappa shape index (κ2) is 9.32. The van der Waals surface area contributed by atoms with E-state index in [9.17, 15) is 18.1 Å². The summed E-state index contributed by atoms with van der Waals surface area (Å²) in [6.07, 6.45) is 4.08. The molecule has 0 radical (unpaired) electrons. The minimum absolute atomic E-state index is 0.291. The Bertz CT molecular complexity index is 1080. The van der Waals surface area contributed by atoms with Crippen molar-refractivity contribution < 1.29 is 31.6 Å². The van der Waals surface area contributed by atoms with Gasteiger partial charge < -0.3 is 14.4 Å². The van der Waals surface area contributed by atoms with Crippen LogP contribution in [0, 0.1) is 0 Å². The highest BCUT2D eigenvalue weighted by atomic mass is 32.3. The molecule has 0 fully saturated rings. The van der Waals surface area contributed by atoms with Crippen LogP contribution in [0.25, 0.3) is 23.1 Å². The van der Waals surface area contributed by atoms with Crippen LogP contribution in [0.4, 0.5) is 0 Å². The van der Waals surface area contributed by atoms with Crippen molar-refractivity contribution in [2.45, 2.75) is 0 Å². The molecule has 2 aromatic carbocycles. The SMILES string of the molecule is COS(=O)(=O)[O-].COc1ccc(/C=C/c2ccc3cccc(O)c3[n+]2C)cc1. The molecule has 0 atom stereocenters. The maximum Gasteiger partial charge on any atom is 0.254 e. The van der Waals surface area contributed by atoms with Gasteiger partial charge in [0, 0.05) is 12.1 Å². The number of pyridine rings is 1. The largest absolute Gasteiger partial charge is 0.726 e. The van der Waals surface area contributed by atoms with Gasteiger partial charge in [-0.3, -0.25) is 4.18 Å². The molecule has 7 nitrogen and oxygen atoms in total. The van der Waals surface area contributed by atoms with Gasteiger partial charge in [0.15, 0.2) is 5.75 Å². The van der Waals surface area contributed by atoms with Gasteiger partial charge in [-0.2, -0.15) is 4.57 Å². The summed E-state index contributed by atoms with van der Waals surface area (Å²) in [5, 5.41) is 11.1. The van der Waals surface area contributed by atoms with E-state index in [1.54, 1.807) is 13.2 Å². The number of rotatable bonds is 4. The van der Waals surface area contributed by atoms with E-state index < -0.39 is 10.4 Å². The van der Waals surface area contributed by atoms with Crippen LogP contribution in [0.1, 0.15) is 11.3 Å². The van der Waals surface area contributed by atoms with Crippen molar-refractivity contribution in [2.24, 2.45) is 7.05 Å². The Morgan fingerprint density at radius 1 is 1.00 bits per heavy atom. The second-order valence-electron chi connectivity index (χ2n) is 5.71. The van der Waals surface area contributed by atoms with E-state index >= 15 is 0 Å². The Balaban J connectivity index is 0.000000409. The van der Waals surface area contributed by atoms with Crippen LogP contribution >= 0.6 is 0 Å². The molecule has 0 aliphatic carbocycles. The summed E-state index contributed by atoms with van der Waals surface area (Å²) < 4.78 is 38.2. The van der Waals surface area contributed by atoms with E-state index in [2.05, 4.69) is 4.18 Å². The molecular formula is C20H21NO6S. The Hall–Kier alpha value is -2.94. The fourth-order valence-electron chi connectivity index (χ4n) is 2.53. The van der Waals surface area contributed by atoms with Gasteiger partial charge >= 0.3 is 0 Å². The molecule has 0 amide bonds. The molecule has 3 aromatic rings. The predicted octanol–water partition coefficient (Wildman–Crippen LogP) is 2.64. The third kappa shape index (κ3) is 5.78. The number of hydrogen-bond donors (Lipinski definition) is 1. The molecule has 0 bridgehead atoms. The topological polar surface area (TPSA) is 99.8 Å². The summed E-state index contributed by atoms with van der Waals surface area (Å²) in [5.41, 5.74) is 2.95. The van der Waals surface area contributed by atoms with E-state index in [1.807, 2.05) is 72.3 Å². The smallest absolute Gasteiger partial charge is 0.254 e. The van der Waals surface area contributed by atoms with Crippen molar-refractivity contribution >= 4 is 33.5 Å². The van der Waals surface area contributed by atoms with Crippen molar-refractivity contribution in [3.8, 4) is 11.5 Å². The molecule has 8 heteroatoms. The van der Waals surface area contributed by atoms with Crippen LogP contribution in [0.3, 0.4) is 0 Å². The minimum Gasteiger partial charge on any atom is -0.726 e. The van der Waals surface area contributed by atoms with E-state index in [0.717, 1.165) is 35.0 Å². The summed E-state index contributed by atoms with van der Waals surface area (Å²) in [6.45, 7) is 0. The highest BCUT2D eigenvalue weighted by Gasteiger charge is 2.13. The predicted molar refractivity (Wildman–Crippen MR) is 105 cm³/mol. The zero-order valence-electron chi connectivity index (χ0n) is 15.7. The van der Waals surface area contributed by atoms with Gasteiger partial charge in [0.1, 0.15) is 12.8 Å². The van der Waals surface area contributed by atoms with Crippen LogP contribution in [-0.4, -0.2) is 32.3 Å². The van der Waals surface area contributed by atoms with Gasteiger partial charge in [0.2, 0.25) is 16.1 Å². The summed E-state index contributed by atoms with van der Waals surface area (Å²) in [6, 6.07) is 17.5. The molecule has 1 N–H and O–H groups in total. The molecule has 0 unspecified atom stereocenters. The fraction of sp³-hybridized carbons (Fsp3) is 0.150. The Labute approximate surface area is 164 Å². The number of fused-ring (bicyclic) bond motifs is 1. The average molecular weight is 403 g/mol. The lowest BCUT2D eigenvalue weighted by Gasteiger charge is -2.02. The highest BCUT2D eigenvalue weighted by molar-refractivity contribution is 7.80. The summed E-state index contributed by atoms with van der Waals surface area (Å²) in [4.78, 5) is 0. The number of methoxy groups -OCH3 is 1. The number of phenolic OH excluding ortho intramolecular Hbond substituents is 1. The number of ether oxygens (including phenoxy) is 1. The maximum atomic E-state index is 10.1. The van der Waals surface area contributed by atoms with Gasteiger partial charge in [-0.1, -0.05) is 18.2 Å². The number of phenols is 1. The van der Waals surface area contributed by atoms with Gasteiger partial charge in [-0.25, -0.2) is 8.42 Å². The first-order valence-corrected chi connectivity index (χ1v) is 9.53. The molecule has 0 aliphatic heterocycles. The summed E-state index contributed by atoms with van der Waals surface area (Å²) >= 11 is 0. The van der Waals surface area contributed by atoms with Crippen molar-refractivity contribution in [2.75, 3.05) is 14.2 Å². The van der Waals surface area contributed by atoms with Crippen LogP contribution in [0.5, 0.6) is 11.5 Å². The normalized spacial score (nSPS) is 11.3. The molecule has 0 aliphatic rings. The third-order valence-corrected chi connectivity index (χ3v) is 4.38. The van der Waals surface area contributed by atoms with Gasteiger partial charge in [0.05, 0.1) is 19.6 Å². The lowest BCUT2D eigenvalue weighted by Crippen LogP contribution is -2.32. The zero-order chi connectivity index (χ0) is 20.7. The molecule has 3 rings (SSSR count). The summed E-state index contributed by atoms with van der Waals surface area (Å²) in [7, 11) is 0.00908. The highest BCUT2D eigenvalue weighted by Crippen LogP contribution is 2.21. The molecule has 28 heavy (non-hydrogen) atoms. The maximum absolute atomic E-state index is 10.1. The van der Waals surface area contributed by atoms with Gasteiger partial charge in [0.25, 0.3) is 5.52 Å². The molecule has 1 aromatic heterocycles. The first-order valence-electron chi connectivity index (χ1n) is 8.19. The second-order valence-corrected chi connectivity index (χ2v) is 6.86. The number of aromatic hydroxyl groups is 1. The number of aromatic nitrogens is 1. The van der Waals surface area contributed by atoms with Crippen LogP contribution < -0.4 is 9.30 Å². The van der Waals surface area contributed by atoms with Crippen molar-refractivity contribution in [3.63, 3.8) is 0 Å². The van der Waals surface area contributed by atoms with Crippen LogP contribution in [0.2, 0.25) is 0 Å². The quantitative estimate of drug-likeness (QED) is 0.408. The molecular weight excluding hydrogens is 382 g/mol. The minimum atomic E-state index is -4.41. The lowest BCUT2D eigenvalue weighted by atomic mass is 10.1. The Morgan fingerprint density at radius 3 is 2.21 bits per heavy atom. The zero-order valence-corrected chi connectivity index (χ0v) is 16.5. The number of benzene rings is 2. The fourth-order valence-corrected chi connectivity index (χ4v) is 2.53. The van der Waals surface area contributed by atoms with E-state index in [0.29, 0.717) is 5.75 Å². The molecule has 0 saturated heterocycles. The summed E-state index contributed by atoms with van der Waals surface area (Å²) in [5.74, 6) is 1.14. The first-order chi connectivity index (χ1) is 13.2. The monoisotopic (exact) mass is 403 g/mol. The number of para-hydroxylation sites is 1. The standard InChI is InChI=1S/C19H17NO2.CH4O4S/c1-20-16(10-6-14-7-12-17(22-2)13-8-14)11-9-15-4-3-5-18(21)19(15)20;1-5-6(2,3)4/h3-13H,1-2H3;1H3,(H,2,3,4)/b10-6+;. The molecule has 0 spiro atoms. The van der Waals surface area contributed by atoms with E-state index in [-0.39, 0.29) is 0 Å². The van der Waals surface area contributed by atoms with Crippen molar-refractivity contribution in [1.82, 2.24) is 0 Å². The molecule has 0 saturated carbocycles. The van der Waals surface area contributed by atoms with Gasteiger partial charge in [-0.05, 0) is 42.0 Å².